The molecule has 1 aliphatic rings. The average Bonchev–Trinajstić information content (AvgIpc) is 2.50. The molecule has 0 radical (unpaired) electrons. The molecule has 1 aromatic rings. The Labute approximate surface area is 148 Å². The van der Waals surface area contributed by atoms with E-state index in [2.05, 4.69) is 15.3 Å². The van der Waals surface area contributed by atoms with E-state index in [1.807, 2.05) is 0 Å². The van der Waals surface area contributed by atoms with E-state index in [4.69, 9.17) is 11.6 Å². The fraction of sp³-hybridized carbons (Fsp3) is 0.286. The second kappa shape index (κ2) is 6.81. The van der Waals surface area contributed by atoms with Gasteiger partial charge in [-0.05, 0) is 13.8 Å². The van der Waals surface area contributed by atoms with Crippen LogP contribution in [0.5, 0.6) is 0 Å². The van der Waals surface area contributed by atoms with Gasteiger partial charge in [-0.25, -0.2) is 27.9 Å². The Morgan fingerprint density at radius 3 is 2.64 bits per heavy atom. The molecular formula is C14H15ClN4O5S. The number of urea groups is 1. The Bertz CT molecular complexity index is 883. The van der Waals surface area contributed by atoms with Gasteiger partial charge in [0.05, 0.1) is 22.8 Å². The van der Waals surface area contributed by atoms with Crippen molar-refractivity contribution < 1.29 is 23.1 Å². The van der Waals surface area contributed by atoms with Crippen molar-refractivity contribution in [1.29, 1.82) is 0 Å². The lowest BCUT2D eigenvalue weighted by molar-refractivity contribution is -0.140. The number of halogens is 1. The lowest BCUT2D eigenvalue weighted by atomic mass is 9.89. The van der Waals surface area contributed by atoms with Gasteiger partial charge in [0.2, 0.25) is 16.0 Å². The molecule has 9 nitrogen and oxygen atoms in total. The summed E-state index contributed by atoms with van der Waals surface area (Å²) in [7, 11) is -4.38. The number of nitrogens with zero attached hydrogens (tertiary/aromatic N) is 2. The lowest BCUT2D eigenvalue weighted by Gasteiger charge is -2.31. The van der Waals surface area contributed by atoms with Crippen molar-refractivity contribution >= 4 is 39.6 Å². The summed E-state index contributed by atoms with van der Waals surface area (Å²) in [5.74, 6) is -2.82. The van der Waals surface area contributed by atoms with Gasteiger partial charge in [-0.3, -0.25) is 10.1 Å². The molecule has 0 bridgehead atoms. The molecule has 1 aliphatic carbocycles. The summed E-state index contributed by atoms with van der Waals surface area (Å²) in [5.41, 5.74) is 0.396. The SMILES string of the molecule is Cc1nc(NC(=O)NS(=O)(=O)C2(C)C=CC=CC2C(=O)O)ncc1Cl. The van der Waals surface area contributed by atoms with Gasteiger partial charge in [-0.2, -0.15) is 0 Å². The molecule has 1 heterocycles. The summed E-state index contributed by atoms with van der Waals surface area (Å²) in [6, 6.07) is -1.12. The third kappa shape index (κ3) is 3.80. The van der Waals surface area contributed by atoms with Crippen LogP contribution in [0.25, 0.3) is 0 Å². The quantitative estimate of drug-likeness (QED) is 0.712. The van der Waals surface area contributed by atoms with Gasteiger partial charge in [-0.1, -0.05) is 35.9 Å². The third-order valence-corrected chi connectivity index (χ3v) is 6.05. The van der Waals surface area contributed by atoms with Gasteiger partial charge >= 0.3 is 12.0 Å². The van der Waals surface area contributed by atoms with Crippen LogP contribution in [-0.4, -0.2) is 40.2 Å². The lowest BCUT2D eigenvalue weighted by Crippen LogP contribution is -2.52. The fourth-order valence-electron chi connectivity index (χ4n) is 2.17. The van der Waals surface area contributed by atoms with Crippen molar-refractivity contribution in [2.24, 2.45) is 5.92 Å². The molecule has 0 saturated carbocycles. The van der Waals surface area contributed by atoms with Crippen molar-refractivity contribution in [3.63, 3.8) is 0 Å². The second-order valence-corrected chi connectivity index (χ2v) is 7.93. The zero-order valence-electron chi connectivity index (χ0n) is 13.2. The predicted octanol–water partition coefficient (Wildman–Crippen LogP) is 1.48. The molecule has 2 unspecified atom stereocenters. The maximum Gasteiger partial charge on any atom is 0.335 e. The molecule has 25 heavy (non-hydrogen) atoms. The number of carbonyl (C=O) groups excluding carboxylic acids is 1. The Kier molecular flexibility index (Phi) is 5.14. The fourth-order valence-corrected chi connectivity index (χ4v) is 3.55. The monoisotopic (exact) mass is 386 g/mol. The molecule has 0 spiro atoms. The van der Waals surface area contributed by atoms with Gasteiger partial charge in [0.15, 0.2) is 0 Å². The highest BCUT2D eigenvalue weighted by molar-refractivity contribution is 7.91. The topological polar surface area (TPSA) is 138 Å². The van der Waals surface area contributed by atoms with Crippen LogP contribution in [0.1, 0.15) is 12.6 Å². The number of aromatic nitrogens is 2. The van der Waals surface area contributed by atoms with Crippen LogP contribution in [0.4, 0.5) is 10.7 Å². The maximum atomic E-state index is 12.6. The Hall–Kier alpha value is -2.46. The molecule has 2 rings (SSSR count). The van der Waals surface area contributed by atoms with E-state index in [1.165, 1.54) is 37.4 Å². The molecule has 2 amide bonds. The van der Waals surface area contributed by atoms with E-state index in [1.54, 1.807) is 11.6 Å². The molecule has 0 fully saturated rings. The Morgan fingerprint density at radius 1 is 1.36 bits per heavy atom. The summed E-state index contributed by atoms with van der Waals surface area (Å²) >= 11 is 5.77. The van der Waals surface area contributed by atoms with E-state index in [-0.39, 0.29) is 11.0 Å². The minimum absolute atomic E-state index is 0.145. The molecule has 11 heteroatoms. The third-order valence-electron chi connectivity index (χ3n) is 3.68. The second-order valence-electron chi connectivity index (χ2n) is 5.43. The van der Waals surface area contributed by atoms with Crippen LogP contribution in [0.2, 0.25) is 5.02 Å². The number of hydrogen-bond donors (Lipinski definition) is 3. The highest BCUT2D eigenvalue weighted by Gasteiger charge is 2.48. The summed E-state index contributed by atoms with van der Waals surface area (Å²) in [5, 5.41) is 11.7. The van der Waals surface area contributed by atoms with Crippen LogP contribution < -0.4 is 10.0 Å². The summed E-state index contributed by atoms with van der Waals surface area (Å²) < 4.78 is 25.1. The van der Waals surface area contributed by atoms with E-state index in [0.29, 0.717) is 5.69 Å². The van der Waals surface area contributed by atoms with Crippen LogP contribution >= 0.6 is 11.6 Å². The Morgan fingerprint density at radius 2 is 2.04 bits per heavy atom. The van der Waals surface area contributed by atoms with Gasteiger partial charge in [0.1, 0.15) is 4.75 Å². The summed E-state index contributed by atoms with van der Waals surface area (Å²) in [6.45, 7) is 2.80. The van der Waals surface area contributed by atoms with E-state index >= 15 is 0 Å². The molecule has 134 valence electrons. The number of carboxylic acid groups (broad SMARTS) is 1. The highest BCUT2D eigenvalue weighted by atomic mass is 35.5. The molecule has 1 aromatic heterocycles. The van der Waals surface area contributed by atoms with Gasteiger partial charge < -0.3 is 5.11 Å². The average molecular weight is 387 g/mol. The first kappa shape index (κ1) is 18.9. The van der Waals surface area contributed by atoms with Crippen LogP contribution in [0.15, 0.2) is 30.5 Å². The first-order chi connectivity index (χ1) is 11.6. The number of carboxylic acids is 1. The van der Waals surface area contributed by atoms with Gasteiger partial charge in [-0.15, -0.1) is 0 Å². The van der Waals surface area contributed by atoms with Crippen molar-refractivity contribution in [3.8, 4) is 0 Å². The van der Waals surface area contributed by atoms with Crippen LogP contribution in [0.3, 0.4) is 0 Å². The zero-order chi connectivity index (χ0) is 18.8. The van der Waals surface area contributed by atoms with Crippen molar-refractivity contribution in [3.05, 3.63) is 41.2 Å². The van der Waals surface area contributed by atoms with E-state index in [0.717, 1.165) is 0 Å². The largest absolute Gasteiger partial charge is 0.481 e. The predicted molar refractivity (Wildman–Crippen MR) is 90.7 cm³/mol. The minimum Gasteiger partial charge on any atom is -0.481 e. The number of nitrogens with one attached hydrogen (secondary N) is 2. The molecule has 2 atom stereocenters. The molecule has 0 saturated heterocycles. The number of carbonyl (C=O) groups is 2. The normalized spacial score (nSPS) is 22.4. The molecule has 3 N–H and O–H groups in total. The number of allylic oxidation sites excluding steroid dienone is 2. The van der Waals surface area contributed by atoms with Gasteiger partial charge in [0.25, 0.3) is 0 Å². The number of aliphatic carboxylic acids is 1. The molecule has 0 aliphatic heterocycles. The van der Waals surface area contributed by atoms with Gasteiger partial charge in [0, 0.05) is 0 Å². The number of amides is 2. The standard InChI is InChI=1S/C14H15ClN4O5S/c1-8-10(15)7-16-12(17-8)18-13(22)19-25(23,24)14(2)6-4-3-5-9(14)11(20)21/h3-7,9H,1-2H3,(H,20,21)(H2,16,17,18,19,22). The smallest absolute Gasteiger partial charge is 0.335 e. The summed E-state index contributed by atoms with van der Waals surface area (Å²) in [6.07, 6.45) is 6.54. The van der Waals surface area contributed by atoms with E-state index < -0.39 is 32.7 Å². The number of rotatable bonds is 4. The van der Waals surface area contributed by atoms with E-state index in [9.17, 15) is 23.1 Å². The van der Waals surface area contributed by atoms with Crippen molar-refractivity contribution in [2.45, 2.75) is 18.6 Å². The van der Waals surface area contributed by atoms with Crippen molar-refractivity contribution in [1.82, 2.24) is 14.7 Å². The number of hydrogen-bond acceptors (Lipinski definition) is 6. The number of sulfonamides is 1. The number of aryl methyl sites for hydroxylation is 1. The van der Waals surface area contributed by atoms with Crippen LogP contribution in [-0.2, 0) is 14.8 Å². The number of anilines is 1. The van der Waals surface area contributed by atoms with Crippen molar-refractivity contribution in [2.75, 3.05) is 5.32 Å². The maximum absolute atomic E-state index is 12.6. The zero-order valence-corrected chi connectivity index (χ0v) is 14.8. The molecular weight excluding hydrogens is 372 g/mol. The Balaban J connectivity index is 2.21. The molecule has 0 aromatic carbocycles. The first-order valence-corrected chi connectivity index (χ1v) is 8.84. The minimum atomic E-state index is -4.38. The highest BCUT2D eigenvalue weighted by Crippen LogP contribution is 2.32. The first-order valence-electron chi connectivity index (χ1n) is 6.98. The summed E-state index contributed by atoms with van der Waals surface area (Å²) in [4.78, 5) is 31.0. The van der Waals surface area contributed by atoms with Crippen LogP contribution in [0, 0.1) is 12.8 Å².